The molecule has 0 aliphatic carbocycles. The number of nitrogens with one attached hydrogen (secondary N) is 2. The number of benzene rings is 2. The van der Waals surface area contributed by atoms with E-state index in [2.05, 4.69) is 15.2 Å². The quantitative estimate of drug-likeness (QED) is 0.624. The molecule has 0 saturated carbocycles. The van der Waals surface area contributed by atoms with Gasteiger partial charge in [0.2, 0.25) is 0 Å². The molecule has 0 unspecified atom stereocenters. The first kappa shape index (κ1) is 18.0. The molecule has 2 N–H and O–H groups in total. The van der Waals surface area contributed by atoms with Crippen molar-refractivity contribution in [3.05, 3.63) is 66.7 Å². The minimum Gasteiger partial charge on any atom is -0.486 e. The summed E-state index contributed by atoms with van der Waals surface area (Å²) in [4.78, 5) is 18.5. The van der Waals surface area contributed by atoms with Crippen molar-refractivity contribution in [1.82, 2.24) is 19.8 Å². The summed E-state index contributed by atoms with van der Waals surface area (Å²) in [7, 11) is -4.00. The maximum absolute atomic E-state index is 12.5. The Morgan fingerprint density at radius 1 is 1.04 bits per heavy atom. The lowest BCUT2D eigenvalue weighted by atomic mass is 10.3. The highest BCUT2D eigenvalue weighted by molar-refractivity contribution is 7.89. The van der Waals surface area contributed by atoms with Gasteiger partial charge in [0.05, 0.1) is 17.4 Å². The number of imidazole rings is 1. The monoisotopic (exact) mass is 400 g/mol. The molecule has 0 saturated heterocycles. The molecule has 0 bridgehead atoms. The van der Waals surface area contributed by atoms with Crippen LogP contribution in [0.3, 0.4) is 0 Å². The van der Waals surface area contributed by atoms with Gasteiger partial charge in [-0.2, -0.15) is 0 Å². The Morgan fingerprint density at radius 2 is 1.79 bits per heavy atom. The molecule has 0 radical (unpaired) electrons. The van der Waals surface area contributed by atoms with Gasteiger partial charge in [0, 0.05) is 11.8 Å². The number of sulfonamides is 1. The van der Waals surface area contributed by atoms with E-state index in [9.17, 15) is 13.2 Å². The van der Waals surface area contributed by atoms with E-state index < -0.39 is 15.9 Å². The summed E-state index contributed by atoms with van der Waals surface area (Å²) in [5.41, 5.74) is 3.10. The molecule has 0 fully saturated rings. The van der Waals surface area contributed by atoms with Gasteiger partial charge in [-0.15, -0.1) is 4.83 Å². The van der Waals surface area contributed by atoms with E-state index in [4.69, 9.17) is 9.47 Å². The predicted octanol–water partition coefficient (Wildman–Crippen LogP) is 1.27. The molecule has 9 nitrogen and oxygen atoms in total. The van der Waals surface area contributed by atoms with Crippen LogP contribution in [0.5, 0.6) is 11.5 Å². The van der Waals surface area contributed by atoms with Crippen molar-refractivity contribution in [1.29, 1.82) is 0 Å². The van der Waals surface area contributed by atoms with Gasteiger partial charge in [0.1, 0.15) is 18.9 Å². The number of fused-ring (bicyclic) bond motifs is 1. The van der Waals surface area contributed by atoms with Crippen LogP contribution in [0.25, 0.3) is 5.69 Å². The van der Waals surface area contributed by atoms with E-state index in [0.29, 0.717) is 24.7 Å². The zero-order valence-electron chi connectivity index (χ0n) is 14.5. The Labute approximate surface area is 160 Å². The molecular weight excluding hydrogens is 384 g/mol. The molecule has 1 amide bonds. The van der Waals surface area contributed by atoms with Crippen molar-refractivity contribution in [3.8, 4) is 17.2 Å². The van der Waals surface area contributed by atoms with Gasteiger partial charge >= 0.3 is 0 Å². The van der Waals surface area contributed by atoms with Gasteiger partial charge in [-0.1, -0.05) is 18.2 Å². The molecule has 10 heteroatoms. The molecule has 1 aromatic heterocycles. The molecule has 0 atom stereocenters. The number of hydrogen-bond acceptors (Lipinski definition) is 6. The molecule has 4 rings (SSSR count). The number of aromatic nitrogens is 2. The summed E-state index contributed by atoms with van der Waals surface area (Å²) < 4.78 is 37.3. The van der Waals surface area contributed by atoms with Crippen molar-refractivity contribution in [2.24, 2.45) is 0 Å². The number of para-hydroxylation sites is 1. The molecule has 1 aliphatic heterocycles. The molecule has 0 spiro atoms. The zero-order valence-corrected chi connectivity index (χ0v) is 15.3. The van der Waals surface area contributed by atoms with Gasteiger partial charge in [-0.3, -0.25) is 14.8 Å². The van der Waals surface area contributed by atoms with E-state index in [1.54, 1.807) is 16.7 Å². The van der Waals surface area contributed by atoms with Gasteiger partial charge in [0.25, 0.3) is 15.9 Å². The van der Waals surface area contributed by atoms with Gasteiger partial charge in [-0.25, -0.2) is 13.4 Å². The second-order valence-corrected chi connectivity index (χ2v) is 7.53. The highest BCUT2D eigenvalue weighted by Crippen LogP contribution is 2.32. The molecule has 144 valence electrons. The normalized spacial score (nSPS) is 13.1. The molecule has 28 heavy (non-hydrogen) atoms. The lowest BCUT2D eigenvalue weighted by Crippen LogP contribution is -2.42. The number of nitrogens with zero attached hydrogens (tertiary/aromatic N) is 2. The second-order valence-electron chi connectivity index (χ2n) is 5.85. The third-order valence-electron chi connectivity index (χ3n) is 4.03. The molecule has 3 aromatic rings. The van der Waals surface area contributed by atoms with Crippen LogP contribution in [0.15, 0.2) is 66.0 Å². The van der Waals surface area contributed by atoms with Crippen LogP contribution >= 0.6 is 0 Å². The standard InChI is InChI=1S/C18H16N4O5S/c23-18(15-11-19-12-22(15)13-4-2-1-3-5-13)20-21-28(24,25)14-6-7-16-17(10-14)27-9-8-26-16/h1-7,10-12,21H,8-9H2,(H,20,23). The van der Waals surface area contributed by atoms with E-state index in [-0.39, 0.29) is 10.6 Å². The lowest BCUT2D eigenvalue weighted by Gasteiger charge is -2.19. The summed E-state index contributed by atoms with van der Waals surface area (Å²) in [5, 5.41) is 0. The maximum atomic E-state index is 12.5. The fraction of sp³-hybridized carbons (Fsp3) is 0.111. The first-order chi connectivity index (χ1) is 13.5. The number of rotatable bonds is 5. The summed E-state index contributed by atoms with van der Waals surface area (Å²) >= 11 is 0. The first-order valence-corrected chi connectivity index (χ1v) is 9.82. The Bertz CT molecular complexity index is 1110. The molecule has 2 aromatic carbocycles. The third kappa shape index (κ3) is 3.55. The number of amides is 1. The van der Waals surface area contributed by atoms with Crippen LogP contribution in [0.1, 0.15) is 10.5 Å². The molecule has 1 aliphatic rings. The smallest absolute Gasteiger partial charge is 0.284 e. The Kier molecular flexibility index (Phi) is 4.72. The minimum absolute atomic E-state index is 0.0615. The first-order valence-electron chi connectivity index (χ1n) is 8.34. The van der Waals surface area contributed by atoms with Gasteiger partial charge in [0.15, 0.2) is 11.5 Å². The van der Waals surface area contributed by atoms with E-state index in [1.807, 2.05) is 18.2 Å². The van der Waals surface area contributed by atoms with Crippen molar-refractivity contribution >= 4 is 15.9 Å². The van der Waals surface area contributed by atoms with Crippen molar-refractivity contribution < 1.29 is 22.7 Å². The van der Waals surface area contributed by atoms with Crippen molar-refractivity contribution in [3.63, 3.8) is 0 Å². The van der Waals surface area contributed by atoms with Crippen LogP contribution in [0.2, 0.25) is 0 Å². The number of ether oxygens (including phenoxy) is 2. The van der Waals surface area contributed by atoms with Gasteiger partial charge in [-0.05, 0) is 24.3 Å². The molecule has 2 heterocycles. The average molecular weight is 400 g/mol. The van der Waals surface area contributed by atoms with Crippen LogP contribution < -0.4 is 19.7 Å². The SMILES string of the molecule is O=C(NNS(=O)(=O)c1ccc2c(c1)OCCO2)c1cncn1-c1ccccc1. The van der Waals surface area contributed by atoms with Crippen LogP contribution in [-0.2, 0) is 10.0 Å². The van der Waals surface area contributed by atoms with E-state index in [1.165, 1.54) is 30.7 Å². The summed E-state index contributed by atoms with van der Waals surface area (Å²) in [5.74, 6) is 0.158. The zero-order chi connectivity index (χ0) is 19.6. The van der Waals surface area contributed by atoms with Crippen molar-refractivity contribution in [2.45, 2.75) is 4.90 Å². The highest BCUT2D eigenvalue weighted by atomic mass is 32.2. The van der Waals surface area contributed by atoms with Crippen molar-refractivity contribution in [2.75, 3.05) is 13.2 Å². The summed E-state index contributed by atoms with van der Waals surface area (Å²) in [6.07, 6.45) is 2.82. The fourth-order valence-corrected chi connectivity index (χ4v) is 3.54. The average Bonchev–Trinajstić information content (AvgIpc) is 3.22. The Morgan fingerprint density at radius 3 is 2.57 bits per heavy atom. The maximum Gasteiger partial charge on any atom is 0.284 e. The van der Waals surface area contributed by atoms with Crippen LogP contribution in [-0.4, -0.2) is 37.1 Å². The highest BCUT2D eigenvalue weighted by Gasteiger charge is 2.21. The van der Waals surface area contributed by atoms with Crippen LogP contribution in [0.4, 0.5) is 0 Å². The number of carbonyl (C=O) groups is 1. The number of carbonyl (C=O) groups excluding carboxylic acids is 1. The lowest BCUT2D eigenvalue weighted by molar-refractivity contribution is 0.0938. The van der Waals surface area contributed by atoms with E-state index >= 15 is 0 Å². The number of hydrazine groups is 1. The van der Waals surface area contributed by atoms with E-state index in [0.717, 1.165) is 5.69 Å². The largest absolute Gasteiger partial charge is 0.486 e. The minimum atomic E-state index is -4.00. The fourth-order valence-electron chi connectivity index (χ4n) is 2.68. The second kappa shape index (κ2) is 7.33. The van der Waals surface area contributed by atoms with Crippen LogP contribution in [0, 0.1) is 0 Å². The van der Waals surface area contributed by atoms with Gasteiger partial charge < -0.3 is 9.47 Å². The Balaban J connectivity index is 1.50. The summed E-state index contributed by atoms with van der Waals surface area (Å²) in [6, 6.07) is 13.3. The summed E-state index contributed by atoms with van der Waals surface area (Å²) in [6.45, 7) is 0.743. The third-order valence-corrected chi connectivity index (χ3v) is 5.27. The number of hydrogen-bond donors (Lipinski definition) is 2. The Hall–Kier alpha value is -3.37. The topological polar surface area (TPSA) is 112 Å². The predicted molar refractivity (Wildman–Crippen MR) is 98.8 cm³/mol. The molecular formula is C18H16N4O5S.